The maximum atomic E-state index is 12.2. The first-order valence-corrected chi connectivity index (χ1v) is 6.83. The molecule has 0 saturated carbocycles. The Morgan fingerprint density at radius 1 is 1.65 bits per heavy atom. The minimum absolute atomic E-state index is 0.0705. The molecule has 1 aliphatic heterocycles. The van der Waals surface area contributed by atoms with Gasteiger partial charge in [-0.2, -0.15) is 5.26 Å². The zero-order valence-electron chi connectivity index (χ0n) is 11.5. The zero-order valence-corrected chi connectivity index (χ0v) is 11.5. The van der Waals surface area contributed by atoms with Gasteiger partial charge in [0.1, 0.15) is 0 Å². The second kappa shape index (κ2) is 6.51. The maximum Gasteiger partial charge on any atom is 0.241 e. The van der Waals surface area contributed by atoms with Crippen molar-refractivity contribution in [1.82, 2.24) is 4.90 Å². The Hall–Kier alpha value is -1.90. The summed E-state index contributed by atoms with van der Waals surface area (Å²) in [5.74, 6) is -0.111. The molecule has 1 aromatic rings. The first kappa shape index (κ1) is 14.5. The SMILES string of the molecule is CC(C(=O)Nc1cccc(C#N)c1)N1CCCC1CO. The van der Waals surface area contributed by atoms with Gasteiger partial charge in [0.05, 0.1) is 24.3 Å². The van der Waals surface area contributed by atoms with Gasteiger partial charge < -0.3 is 10.4 Å². The number of amides is 1. The summed E-state index contributed by atoms with van der Waals surface area (Å²) in [5.41, 5.74) is 1.14. The van der Waals surface area contributed by atoms with Gasteiger partial charge in [0.15, 0.2) is 0 Å². The molecule has 0 aliphatic carbocycles. The van der Waals surface area contributed by atoms with E-state index in [1.165, 1.54) is 0 Å². The van der Waals surface area contributed by atoms with Crippen LogP contribution in [0.4, 0.5) is 5.69 Å². The minimum atomic E-state index is -0.291. The Balaban J connectivity index is 2.02. The molecule has 2 N–H and O–H groups in total. The van der Waals surface area contributed by atoms with Gasteiger partial charge in [-0.1, -0.05) is 6.07 Å². The van der Waals surface area contributed by atoms with Crippen molar-refractivity contribution < 1.29 is 9.90 Å². The molecule has 2 unspecified atom stereocenters. The molecule has 5 heteroatoms. The summed E-state index contributed by atoms with van der Waals surface area (Å²) in [7, 11) is 0. The summed E-state index contributed by atoms with van der Waals surface area (Å²) >= 11 is 0. The number of hydrogen-bond donors (Lipinski definition) is 2. The fraction of sp³-hybridized carbons (Fsp3) is 0.467. The van der Waals surface area contributed by atoms with Crippen LogP contribution in [0.5, 0.6) is 0 Å². The molecule has 2 rings (SSSR count). The van der Waals surface area contributed by atoms with Crippen molar-refractivity contribution in [3.05, 3.63) is 29.8 Å². The number of carbonyl (C=O) groups excluding carboxylic acids is 1. The predicted molar refractivity (Wildman–Crippen MR) is 76.1 cm³/mol. The van der Waals surface area contributed by atoms with E-state index >= 15 is 0 Å². The van der Waals surface area contributed by atoms with E-state index < -0.39 is 0 Å². The fourth-order valence-electron chi connectivity index (χ4n) is 2.63. The molecular formula is C15H19N3O2. The highest BCUT2D eigenvalue weighted by molar-refractivity contribution is 5.94. The minimum Gasteiger partial charge on any atom is -0.395 e. The lowest BCUT2D eigenvalue weighted by Crippen LogP contribution is -2.45. The van der Waals surface area contributed by atoms with E-state index in [0.29, 0.717) is 11.3 Å². The topological polar surface area (TPSA) is 76.4 Å². The largest absolute Gasteiger partial charge is 0.395 e. The van der Waals surface area contributed by atoms with Gasteiger partial charge in [-0.05, 0) is 44.5 Å². The summed E-state index contributed by atoms with van der Waals surface area (Å²) in [6.45, 7) is 2.76. The van der Waals surface area contributed by atoms with Crippen LogP contribution in [-0.4, -0.2) is 41.1 Å². The summed E-state index contributed by atoms with van der Waals surface area (Å²) in [4.78, 5) is 14.3. The molecule has 0 aromatic heterocycles. The quantitative estimate of drug-likeness (QED) is 0.868. The Labute approximate surface area is 118 Å². The average Bonchev–Trinajstić information content (AvgIpc) is 2.95. The Morgan fingerprint density at radius 2 is 2.45 bits per heavy atom. The van der Waals surface area contributed by atoms with Crippen LogP contribution in [0.25, 0.3) is 0 Å². The van der Waals surface area contributed by atoms with Crippen LogP contribution in [0.2, 0.25) is 0 Å². The Morgan fingerprint density at radius 3 is 3.15 bits per heavy atom. The van der Waals surface area contributed by atoms with Crippen molar-refractivity contribution in [1.29, 1.82) is 5.26 Å². The zero-order chi connectivity index (χ0) is 14.5. The third kappa shape index (κ3) is 3.16. The average molecular weight is 273 g/mol. The van der Waals surface area contributed by atoms with E-state index in [4.69, 9.17) is 5.26 Å². The van der Waals surface area contributed by atoms with Gasteiger partial charge in [-0.25, -0.2) is 0 Å². The number of nitrogens with one attached hydrogen (secondary N) is 1. The monoisotopic (exact) mass is 273 g/mol. The first-order chi connectivity index (χ1) is 9.65. The summed E-state index contributed by atoms with van der Waals surface area (Å²) in [5, 5.41) is 21.0. The molecule has 2 atom stereocenters. The lowest BCUT2D eigenvalue weighted by Gasteiger charge is -2.28. The van der Waals surface area contributed by atoms with Crippen molar-refractivity contribution >= 4 is 11.6 Å². The lowest BCUT2D eigenvalue weighted by molar-refractivity contribution is -0.121. The van der Waals surface area contributed by atoms with Crippen molar-refractivity contribution in [2.45, 2.75) is 31.8 Å². The Bertz CT molecular complexity index is 524. The highest BCUT2D eigenvalue weighted by Crippen LogP contribution is 2.20. The van der Waals surface area contributed by atoms with Gasteiger partial charge in [-0.3, -0.25) is 9.69 Å². The molecule has 5 nitrogen and oxygen atoms in total. The van der Waals surface area contributed by atoms with Gasteiger partial charge >= 0.3 is 0 Å². The molecule has 0 bridgehead atoms. The lowest BCUT2D eigenvalue weighted by atomic mass is 10.2. The van der Waals surface area contributed by atoms with Crippen LogP contribution in [-0.2, 0) is 4.79 Å². The standard InChI is InChI=1S/C15H19N3O2/c1-11(18-7-3-6-14(18)10-19)15(20)17-13-5-2-4-12(8-13)9-16/h2,4-5,8,11,14,19H,3,6-7,10H2,1H3,(H,17,20). The number of carbonyl (C=O) groups is 1. The number of aliphatic hydroxyl groups is 1. The molecule has 106 valence electrons. The Kier molecular flexibility index (Phi) is 4.72. The second-order valence-corrected chi connectivity index (χ2v) is 5.07. The van der Waals surface area contributed by atoms with E-state index in [2.05, 4.69) is 5.32 Å². The van der Waals surface area contributed by atoms with E-state index in [1.807, 2.05) is 17.9 Å². The number of rotatable bonds is 4. The van der Waals surface area contributed by atoms with Crippen LogP contribution in [0.15, 0.2) is 24.3 Å². The molecular weight excluding hydrogens is 254 g/mol. The van der Waals surface area contributed by atoms with E-state index in [-0.39, 0.29) is 24.6 Å². The van der Waals surface area contributed by atoms with Crippen LogP contribution in [0, 0.1) is 11.3 Å². The molecule has 0 radical (unpaired) electrons. The van der Waals surface area contributed by atoms with Gasteiger partial charge in [0.25, 0.3) is 0 Å². The normalized spacial score (nSPS) is 20.4. The number of aliphatic hydroxyl groups excluding tert-OH is 1. The molecule has 1 saturated heterocycles. The van der Waals surface area contributed by atoms with E-state index in [9.17, 15) is 9.90 Å². The predicted octanol–water partition coefficient (Wildman–Crippen LogP) is 1.34. The van der Waals surface area contributed by atoms with Gasteiger partial charge in [-0.15, -0.1) is 0 Å². The smallest absolute Gasteiger partial charge is 0.241 e. The van der Waals surface area contributed by atoms with Crippen molar-refractivity contribution in [2.75, 3.05) is 18.5 Å². The van der Waals surface area contributed by atoms with Crippen molar-refractivity contribution in [3.8, 4) is 6.07 Å². The third-order valence-electron chi connectivity index (χ3n) is 3.77. The van der Waals surface area contributed by atoms with Crippen molar-refractivity contribution in [2.24, 2.45) is 0 Å². The summed E-state index contributed by atoms with van der Waals surface area (Å²) < 4.78 is 0. The maximum absolute atomic E-state index is 12.2. The molecule has 1 heterocycles. The molecule has 20 heavy (non-hydrogen) atoms. The molecule has 1 aromatic carbocycles. The molecule has 1 fully saturated rings. The number of nitriles is 1. The van der Waals surface area contributed by atoms with Crippen LogP contribution < -0.4 is 5.32 Å². The second-order valence-electron chi connectivity index (χ2n) is 5.07. The van der Waals surface area contributed by atoms with E-state index in [1.54, 1.807) is 24.3 Å². The third-order valence-corrected chi connectivity index (χ3v) is 3.77. The molecule has 1 aliphatic rings. The summed E-state index contributed by atoms with van der Waals surface area (Å²) in [6, 6.07) is 8.68. The molecule has 0 spiro atoms. The first-order valence-electron chi connectivity index (χ1n) is 6.83. The van der Waals surface area contributed by atoms with Crippen molar-refractivity contribution in [3.63, 3.8) is 0 Å². The van der Waals surface area contributed by atoms with Crippen LogP contribution in [0.1, 0.15) is 25.3 Å². The molecule has 1 amide bonds. The highest BCUT2D eigenvalue weighted by Gasteiger charge is 2.31. The number of anilines is 1. The number of likely N-dealkylation sites (tertiary alicyclic amines) is 1. The van der Waals surface area contributed by atoms with Gasteiger partial charge in [0.2, 0.25) is 5.91 Å². The summed E-state index contributed by atoms with van der Waals surface area (Å²) in [6.07, 6.45) is 1.94. The number of hydrogen-bond acceptors (Lipinski definition) is 4. The number of nitrogens with zero attached hydrogens (tertiary/aromatic N) is 2. The van der Waals surface area contributed by atoms with Gasteiger partial charge in [0, 0.05) is 11.7 Å². The highest BCUT2D eigenvalue weighted by atomic mass is 16.3. The van der Waals surface area contributed by atoms with Crippen LogP contribution >= 0.6 is 0 Å². The fourth-order valence-corrected chi connectivity index (χ4v) is 2.63. The van der Waals surface area contributed by atoms with Crippen LogP contribution in [0.3, 0.4) is 0 Å². The van der Waals surface area contributed by atoms with E-state index in [0.717, 1.165) is 19.4 Å². The number of benzene rings is 1.